The molecule has 1 saturated heterocycles. The van der Waals surface area contributed by atoms with Crippen LogP contribution < -0.4 is 5.32 Å². The van der Waals surface area contributed by atoms with E-state index in [2.05, 4.69) is 36.0 Å². The molecule has 2 amide bonds. The maximum Gasteiger partial charge on any atom is 0.272 e. The number of amides is 2. The molecule has 0 atom stereocenters. The summed E-state index contributed by atoms with van der Waals surface area (Å²) in [5, 5.41) is 3.04. The summed E-state index contributed by atoms with van der Waals surface area (Å²) in [6.07, 6.45) is 1.53. The molecule has 3 rings (SSSR count). The minimum atomic E-state index is -0.228. The standard InChI is InChI=1S/C23H30N4O2/c1-5-26-11-13-27(14-12-26)23(29)20-15-18(9-10-24-20)22(28)25-21-17(4)7-6-8-19(21)16(2)3/h6-10,15-16H,5,11-14H2,1-4H3,(H,25,28). The molecule has 0 bridgehead atoms. The van der Waals surface area contributed by atoms with Gasteiger partial charge in [-0.1, -0.05) is 39.0 Å². The largest absolute Gasteiger partial charge is 0.335 e. The number of nitrogens with one attached hydrogen (secondary N) is 1. The van der Waals surface area contributed by atoms with E-state index >= 15 is 0 Å². The first-order valence-corrected chi connectivity index (χ1v) is 10.3. The van der Waals surface area contributed by atoms with Crippen molar-refractivity contribution in [3.05, 3.63) is 58.9 Å². The number of carbonyl (C=O) groups is 2. The SMILES string of the molecule is CCN1CCN(C(=O)c2cc(C(=O)Nc3c(C)cccc3C(C)C)ccn2)CC1. The molecule has 1 aromatic carbocycles. The average molecular weight is 395 g/mol. The molecule has 6 heteroatoms. The van der Waals surface area contributed by atoms with Crippen LogP contribution in [0.3, 0.4) is 0 Å². The Morgan fingerprint density at radius 2 is 1.86 bits per heavy atom. The third-order valence-corrected chi connectivity index (χ3v) is 5.51. The number of aromatic nitrogens is 1. The topological polar surface area (TPSA) is 65.5 Å². The van der Waals surface area contributed by atoms with Gasteiger partial charge in [-0.3, -0.25) is 14.6 Å². The number of para-hydroxylation sites is 1. The molecule has 2 aromatic rings. The molecule has 6 nitrogen and oxygen atoms in total. The maximum absolute atomic E-state index is 12.9. The molecule has 29 heavy (non-hydrogen) atoms. The van der Waals surface area contributed by atoms with Crippen molar-refractivity contribution in [2.75, 3.05) is 38.0 Å². The Morgan fingerprint density at radius 3 is 2.52 bits per heavy atom. The number of anilines is 1. The summed E-state index contributed by atoms with van der Waals surface area (Å²) in [5.74, 6) is -0.0517. The van der Waals surface area contributed by atoms with Gasteiger partial charge in [0.2, 0.25) is 0 Å². The lowest BCUT2D eigenvalue weighted by atomic mass is 9.98. The van der Waals surface area contributed by atoms with E-state index in [9.17, 15) is 9.59 Å². The van der Waals surface area contributed by atoms with Crippen LogP contribution in [0.2, 0.25) is 0 Å². The molecule has 1 aliphatic heterocycles. The number of piperazine rings is 1. The molecule has 1 N–H and O–H groups in total. The maximum atomic E-state index is 12.9. The number of pyridine rings is 1. The zero-order valence-electron chi connectivity index (χ0n) is 17.7. The van der Waals surface area contributed by atoms with E-state index in [0.717, 1.165) is 36.4 Å². The summed E-state index contributed by atoms with van der Waals surface area (Å²) in [6, 6.07) is 9.26. The van der Waals surface area contributed by atoms with Gasteiger partial charge in [0.05, 0.1) is 0 Å². The van der Waals surface area contributed by atoms with Crippen LogP contribution in [0, 0.1) is 6.92 Å². The molecule has 0 aliphatic carbocycles. The fourth-order valence-corrected chi connectivity index (χ4v) is 3.65. The molecule has 0 radical (unpaired) electrons. The van der Waals surface area contributed by atoms with Gasteiger partial charge in [0.15, 0.2) is 0 Å². The summed E-state index contributed by atoms with van der Waals surface area (Å²) < 4.78 is 0. The summed E-state index contributed by atoms with van der Waals surface area (Å²) in [5.41, 5.74) is 3.71. The van der Waals surface area contributed by atoms with Crippen LogP contribution in [0.15, 0.2) is 36.5 Å². The second-order valence-corrected chi connectivity index (χ2v) is 7.80. The number of carbonyl (C=O) groups excluding carboxylic acids is 2. The van der Waals surface area contributed by atoms with Crippen LogP contribution in [0.5, 0.6) is 0 Å². The number of nitrogens with zero attached hydrogens (tertiary/aromatic N) is 3. The summed E-state index contributed by atoms with van der Waals surface area (Å²) in [4.78, 5) is 34.1. The predicted molar refractivity (Wildman–Crippen MR) is 115 cm³/mol. The van der Waals surface area contributed by atoms with E-state index in [1.54, 1.807) is 12.1 Å². The highest BCUT2D eigenvalue weighted by molar-refractivity contribution is 6.06. The second kappa shape index (κ2) is 9.18. The van der Waals surface area contributed by atoms with Crippen LogP contribution in [0.1, 0.15) is 58.7 Å². The Kier molecular flexibility index (Phi) is 6.64. The summed E-state index contributed by atoms with van der Waals surface area (Å²) >= 11 is 0. The summed E-state index contributed by atoms with van der Waals surface area (Å²) in [7, 11) is 0. The van der Waals surface area contributed by atoms with Crippen LogP contribution in [0.4, 0.5) is 5.69 Å². The van der Waals surface area contributed by atoms with Crippen LogP contribution >= 0.6 is 0 Å². The number of aryl methyl sites for hydroxylation is 1. The first kappa shape index (κ1) is 21.0. The number of hydrogen-bond acceptors (Lipinski definition) is 4. The fraction of sp³-hybridized carbons (Fsp3) is 0.435. The van der Waals surface area contributed by atoms with E-state index < -0.39 is 0 Å². The minimum absolute atomic E-state index is 0.117. The Bertz CT molecular complexity index is 886. The fourth-order valence-electron chi connectivity index (χ4n) is 3.65. The van der Waals surface area contributed by atoms with Gasteiger partial charge in [0, 0.05) is 43.6 Å². The Morgan fingerprint density at radius 1 is 1.14 bits per heavy atom. The molecule has 1 aliphatic rings. The number of likely N-dealkylation sites (N-methyl/N-ethyl adjacent to an activating group) is 1. The van der Waals surface area contributed by atoms with Crippen molar-refractivity contribution < 1.29 is 9.59 Å². The van der Waals surface area contributed by atoms with Gasteiger partial charge >= 0.3 is 0 Å². The predicted octanol–water partition coefficient (Wildman–Crippen LogP) is 3.54. The molecule has 0 saturated carbocycles. The summed E-state index contributed by atoms with van der Waals surface area (Å²) in [6.45, 7) is 12.4. The van der Waals surface area contributed by atoms with Gasteiger partial charge in [-0.05, 0) is 42.6 Å². The van der Waals surface area contributed by atoms with E-state index in [1.807, 2.05) is 30.0 Å². The van der Waals surface area contributed by atoms with Gasteiger partial charge in [-0.2, -0.15) is 0 Å². The molecule has 0 unspecified atom stereocenters. The molecule has 2 heterocycles. The van der Waals surface area contributed by atoms with E-state index in [-0.39, 0.29) is 11.8 Å². The van der Waals surface area contributed by atoms with Gasteiger partial charge in [-0.15, -0.1) is 0 Å². The highest BCUT2D eigenvalue weighted by atomic mass is 16.2. The molecule has 0 spiro atoms. The number of rotatable bonds is 5. The van der Waals surface area contributed by atoms with Crippen molar-refractivity contribution in [2.24, 2.45) is 0 Å². The third kappa shape index (κ3) is 4.82. The quantitative estimate of drug-likeness (QED) is 0.842. The molecular formula is C23H30N4O2. The monoisotopic (exact) mass is 394 g/mol. The average Bonchev–Trinajstić information content (AvgIpc) is 2.74. The number of benzene rings is 1. The number of hydrogen-bond donors (Lipinski definition) is 1. The smallest absolute Gasteiger partial charge is 0.272 e. The lowest BCUT2D eigenvalue weighted by molar-refractivity contribution is 0.0637. The highest BCUT2D eigenvalue weighted by Gasteiger charge is 2.23. The lowest BCUT2D eigenvalue weighted by Crippen LogP contribution is -2.48. The van der Waals surface area contributed by atoms with Crippen molar-refractivity contribution in [1.29, 1.82) is 0 Å². The molecule has 1 aromatic heterocycles. The van der Waals surface area contributed by atoms with Crippen molar-refractivity contribution in [3.8, 4) is 0 Å². The molecule has 154 valence electrons. The first-order valence-electron chi connectivity index (χ1n) is 10.3. The molecule has 1 fully saturated rings. The van der Waals surface area contributed by atoms with E-state index in [0.29, 0.717) is 30.3 Å². The van der Waals surface area contributed by atoms with Gasteiger partial charge < -0.3 is 15.1 Å². The van der Waals surface area contributed by atoms with Gasteiger partial charge in [-0.25, -0.2) is 0 Å². The Hall–Kier alpha value is -2.73. The zero-order chi connectivity index (χ0) is 21.0. The van der Waals surface area contributed by atoms with Crippen molar-refractivity contribution >= 4 is 17.5 Å². The highest BCUT2D eigenvalue weighted by Crippen LogP contribution is 2.27. The van der Waals surface area contributed by atoms with Crippen molar-refractivity contribution in [2.45, 2.75) is 33.6 Å². The molecular weight excluding hydrogens is 364 g/mol. The zero-order valence-corrected chi connectivity index (χ0v) is 17.7. The van der Waals surface area contributed by atoms with Gasteiger partial charge in [0.1, 0.15) is 5.69 Å². The minimum Gasteiger partial charge on any atom is -0.335 e. The van der Waals surface area contributed by atoms with Crippen LogP contribution in [0.25, 0.3) is 0 Å². The van der Waals surface area contributed by atoms with Crippen LogP contribution in [-0.4, -0.2) is 59.3 Å². The Balaban J connectivity index is 1.76. The first-order chi connectivity index (χ1) is 13.9. The Labute approximate surface area is 172 Å². The van der Waals surface area contributed by atoms with Gasteiger partial charge in [0.25, 0.3) is 11.8 Å². The van der Waals surface area contributed by atoms with E-state index in [4.69, 9.17) is 0 Å². The third-order valence-electron chi connectivity index (χ3n) is 5.51. The second-order valence-electron chi connectivity index (χ2n) is 7.80. The normalized spacial score (nSPS) is 14.9. The lowest BCUT2D eigenvalue weighted by Gasteiger charge is -2.33. The van der Waals surface area contributed by atoms with Crippen LogP contribution in [-0.2, 0) is 0 Å². The van der Waals surface area contributed by atoms with Crippen molar-refractivity contribution in [3.63, 3.8) is 0 Å². The van der Waals surface area contributed by atoms with Crippen molar-refractivity contribution in [1.82, 2.24) is 14.8 Å². The van der Waals surface area contributed by atoms with E-state index in [1.165, 1.54) is 6.20 Å².